The third kappa shape index (κ3) is 6.93. The Morgan fingerprint density at radius 2 is 1.97 bits per heavy atom. The van der Waals surface area contributed by atoms with Gasteiger partial charge in [0.25, 0.3) is 11.8 Å². The number of amides is 2. The van der Waals surface area contributed by atoms with Gasteiger partial charge in [-0.15, -0.1) is 0 Å². The van der Waals surface area contributed by atoms with Crippen LogP contribution in [-0.2, 0) is 14.3 Å². The van der Waals surface area contributed by atoms with Gasteiger partial charge < -0.3 is 25.2 Å². The second-order valence-corrected chi connectivity index (χ2v) is 7.49. The Kier molecular flexibility index (Phi) is 9.39. The van der Waals surface area contributed by atoms with Crippen molar-refractivity contribution in [2.45, 2.75) is 19.4 Å². The topological polar surface area (TPSA) is 170 Å². The fourth-order valence-corrected chi connectivity index (χ4v) is 3.35. The maximum absolute atomic E-state index is 12.5. The minimum atomic E-state index is -1.08. The number of hydrogen-bond acceptors (Lipinski definition) is 9. The average molecular weight is 515 g/mol. The monoisotopic (exact) mass is 514 g/mol. The lowest BCUT2D eigenvalue weighted by molar-refractivity contribution is -0.386. The lowest BCUT2D eigenvalue weighted by Crippen LogP contribution is -2.39. The molecular formula is C20H20Cl2N4O8. The van der Waals surface area contributed by atoms with Crippen molar-refractivity contribution in [2.24, 2.45) is 0 Å². The number of esters is 1. The zero-order chi connectivity index (χ0) is 25.4. The molecule has 1 aromatic heterocycles. The molecule has 182 valence electrons. The van der Waals surface area contributed by atoms with Crippen LogP contribution in [0.15, 0.2) is 24.4 Å². The first kappa shape index (κ1) is 26.6. The maximum Gasteiger partial charge on any atom is 0.331 e. The molecule has 1 aromatic carbocycles. The molecule has 0 bridgehead atoms. The van der Waals surface area contributed by atoms with Crippen LogP contribution in [0, 0.1) is 10.1 Å². The molecule has 3 N–H and O–H groups in total. The number of aromatic hydroxyl groups is 1. The molecule has 0 radical (unpaired) electrons. The number of aromatic nitrogens is 1. The zero-order valence-corrected chi connectivity index (χ0v) is 19.5. The number of pyridine rings is 1. The fourth-order valence-electron chi connectivity index (χ4n) is 2.84. The van der Waals surface area contributed by atoms with Crippen molar-refractivity contribution < 1.29 is 33.9 Å². The van der Waals surface area contributed by atoms with E-state index < -0.39 is 41.0 Å². The summed E-state index contributed by atoms with van der Waals surface area (Å²) in [7, 11) is 1.19. The van der Waals surface area contributed by atoms with Gasteiger partial charge in [-0.05, 0) is 19.1 Å². The molecule has 0 spiro atoms. The van der Waals surface area contributed by atoms with E-state index in [-0.39, 0.29) is 45.8 Å². The molecule has 12 nitrogen and oxygen atoms in total. The summed E-state index contributed by atoms with van der Waals surface area (Å²) in [5.74, 6) is -2.88. The summed E-state index contributed by atoms with van der Waals surface area (Å²) in [6, 6.07) is 2.49. The lowest BCUT2D eigenvalue weighted by atomic mass is 10.0. The van der Waals surface area contributed by atoms with Crippen LogP contribution in [0.2, 0.25) is 10.0 Å². The maximum atomic E-state index is 12.5. The molecule has 1 atom stereocenters. The Labute approximate surface area is 203 Å². The number of rotatable bonds is 10. The molecule has 0 unspecified atom stereocenters. The third-order valence-corrected chi connectivity index (χ3v) is 4.84. The van der Waals surface area contributed by atoms with Gasteiger partial charge in [0.1, 0.15) is 5.75 Å². The molecule has 0 saturated carbocycles. The van der Waals surface area contributed by atoms with Gasteiger partial charge in [-0.25, -0.2) is 4.98 Å². The highest BCUT2D eigenvalue weighted by atomic mass is 35.5. The van der Waals surface area contributed by atoms with Crippen molar-refractivity contribution in [3.63, 3.8) is 0 Å². The van der Waals surface area contributed by atoms with Crippen molar-refractivity contribution >= 4 is 46.7 Å². The van der Waals surface area contributed by atoms with Crippen LogP contribution in [-0.4, -0.2) is 53.1 Å². The normalized spacial score (nSPS) is 11.3. The summed E-state index contributed by atoms with van der Waals surface area (Å²) < 4.78 is 9.68. The van der Waals surface area contributed by atoms with E-state index in [0.29, 0.717) is 0 Å². The van der Waals surface area contributed by atoms with E-state index in [1.807, 2.05) is 0 Å². The van der Waals surface area contributed by atoms with E-state index in [0.717, 1.165) is 12.3 Å². The van der Waals surface area contributed by atoms with Gasteiger partial charge in [0.05, 0.1) is 48.2 Å². The third-order valence-electron chi connectivity index (χ3n) is 4.34. The first-order chi connectivity index (χ1) is 16.1. The van der Waals surface area contributed by atoms with Crippen molar-refractivity contribution in [1.82, 2.24) is 15.6 Å². The van der Waals surface area contributed by atoms with Crippen LogP contribution in [0.1, 0.15) is 35.3 Å². The number of methoxy groups -OCH3 is 1. The second kappa shape index (κ2) is 12.0. The number of ether oxygens (including phenoxy) is 2. The molecule has 0 fully saturated rings. The minimum absolute atomic E-state index is 0.0696. The van der Waals surface area contributed by atoms with E-state index in [9.17, 15) is 29.6 Å². The van der Waals surface area contributed by atoms with Crippen LogP contribution < -0.4 is 15.4 Å². The summed E-state index contributed by atoms with van der Waals surface area (Å²) in [4.78, 5) is 50.9. The minimum Gasteiger partial charge on any atom is -0.506 e. The number of phenols is 1. The molecule has 2 aromatic rings. The molecule has 34 heavy (non-hydrogen) atoms. The van der Waals surface area contributed by atoms with Crippen LogP contribution in [0.4, 0.5) is 5.69 Å². The first-order valence-electron chi connectivity index (χ1n) is 9.66. The molecule has 14 heteroatoms. The summed E-state index contributed by atoms with van der Waals surface area (Å²) in [6.45, 7) is 1.14. The van der Waals surface area contributed by atoms with E-state index in [4.69, 9.17) is 32.7 Å². The predicted octanol–water partition coefficient (Wildman–Crippen LogP) is 2.55. The van der Waals surface area contributed by atoms with E-state index in [2.05, 4.69) is 15.6 Å². The largest absolute Gasteiger partial charge is 0.506 e. The highest BCUT2D eigenvalue weighted by Crippen LogP contribution is 2.36. The molecule has 2 rings (SSSR count). The molecule has 0 aliphatic carbocycles. The number of nitrogens with one attached hydrogen (secondary N) is 2. The van der Waals surface area contributed by atoms with Crippen LogP contribution in [0.3, 0.4) is 0 Å². The molecule has 0 saturated heterocycles. The van der Waals surface area contributed by atoms with Gasteiger partial charge in [-0.3, -0.25) is 24.5 Å². The number of nitrogens with zero attached hydrogens (tertiary/aromatic N) is 2. The van der Waals surface area contributed by atoms with Crippen molar-refractivity contribution in [2.75, 3.05) is 20.3 Å². The number of benzene rings is 1. The Bertz CT molecular complexity index is 1110. The number of hydrogen-bond donors (Lipinski definition) is 3. The molecule has 1 heterocycles. The smallest absolute Gasteiger partial charge is 0.331 e. The van der Waals surface area contributed by atoms with E-state index in [1.54, 1.807) is 6.92 Å². The summed E-state index contributed by atoms with van der Waals surface area (Å²) >= 11 is 11.9. The van der Waals surface area contributed by atoms with E-state index in [1.165, 1.54) is 19.2 Å². The number of carbonyl (C=O) groups is 3. The SMILES string of the molecule is CCOC(=O)C[C@H](NC(=O)CNC(=O)c1cnc(OC)c([N+](=O)[O-])c1)c1cc(Cl)cc(Cl)c1O. The number of phenolic OH excluding ortho intramolecular Hbond substituents is 1. The average Bonchev–Trinajstić information content (AvgIpc) is 2.79. The number of nitro groups is 1. The Balaban J connectivity index is 2.15. The highest BCUT2D eigenvalue weighted by Gasteiger charge is 2.25. The molecular weight excluding hydrogens is 495 g/mol. The second-order valence-electron chi connectivity index (χ2n) is 6.65. The molecule has 0 aliphatic heterocycles. The molecule has 2 amide bonds. The first-order valence-corrected chi connectivity index (χ1v) is 10.4. The lowest BCUT2D eigenvalue weighted by Gasteiger charge is -2.20. The quantitative estimate of drug-likeness (QED) is 0.244. The van der Waals surface area contributed by atoms with Crippen LogP contribution in [0.5, 0.6) is 11.6 Å². The van der Waals surface area contributed by atoms with Crippen molar-refractivity contribution in [3.8, 4) is 11.6 Å². The summed E-state index contributed by atoms with van der Waals surface area (Å²) in [5, 5.41) is 26.2. The summed E-state index contributed by atoms with van der Waals surface area (Å²) in [6.07, 6.45) is 0.695. The summed E-state index contributed by atoms with van der Waals surface area (Å²) in [5.41, 5.74) is -0.634. The zero-order valence-electron chi connectivity index (χ0n) is 18.0. The highest BCUT2D eigenvalue weighted by molar-refractivity contribution is 6.35. The van der Waals surface area contributed by atoms with Crippen LogP contribution >= 0.6 is 23.2 Å². The van der Waals surface area contributed by atoms with Gasteiger partial charge in [-0.1, -0.05) is 23.2 Å². The van der Waals surface area contributed by atoms with Crippen molar-refractivity contribution in [1.29, 1.82) is 0 Å². The number of carbonyl (C=O) groups excluding carboxylic acids is 3. The predicted molar refractivity (Wildman–Crippen MR) is 120 cm³/mol. The Morgan fingerprint density at radius 1 is 1.26 bits per heavy atom. The van der Waals surface area contributed by atoms with Gasteiger partial charge in [0, 0.05) is 22.8 Å². The van der Waals surface area contributed by atoms with E-state index >= 15 is 0 Å². The van der Waals surface area contributed by atoms with Gasteiger partial charge in [0.15, 0.2) is 0 Å². The fraction of sp³-hybridized carbons (Fsp3) is 0.300. The van der Waals surface area contributed by atoms with Gasteiger partial charge in [0.2, 0.25) is 5.91 Å². The standard InChI is InChI=1S/C20H20Cl2N4O8/c1-3-34-17(28)7-14(12-5-11(21)6-13(22)18(12)29)25-16(27)9-23-19(30)10-4-15(26(31)32)20(33-2)24-8-10/h4-6,8,14,29H,3,7,9H2,1-2H3,(H,23,30)(H,25,27)/t14-/m0/s1. The van der Waals surface area contributed by atoms with Gasteiger partial charge in [-0.2, -0.15) is 0 Å². The van der Waals surface area contributed by atoms with Crippen molar-refractivity contribution in [3.05, 3.63) is 55.7 Å². The Hall–Kier alpha value is -3.64. The number of halogens is 2. The van der Waals surface area contributed by atoms with Crippen LogP contribution in [0.25, 0.3) is 0 Å². The Morgan fingerprint density at radius 3 is 2.59 bits per heavy atom. The molecule has 0 aliphatic rings. The van der Waals surface area contributed by atoms with Gasteiger partial charge >= 0.3 is 11.7 Å².